The minimum atomic E-state index is -0.608. The summed E-state index contributed by atoms with van der Waals surface area (Å²) in [6.07, 6.45) is 1.72. The number of nitro groups is 1. The lowest BCUT2D eigenvalue weighted by Gasteiger charge is -2.13. The summed E-state index contributed by atoms with van der Waals surface area (Å²) >= 11 is 0. The molecule has 0 saturated heterocycles. The summed E-state index contributed by atoms with van der Waals surface area (Å²) < 4.78 is 1.50. The van der Waals surface area contributed by atoms with E-state index in [1.165, 1.54) is 4.57 Å². The molecule has 20 heavy (non-hydrogen) atoms. The van der Waals surface area contributed by atoms with Crippen LogP contribution >= 0.6 is 0 Å². The third kappa shape index (κ3) is 2.24. The van der Waals surface area contributed by atoms with Crippen LogP contribution in [-0.4, -0.2) is 16.5 Å². The van der Waals surface area contributed by atoms with E-state index in [0.29, 0.717) is 11.9 Å². The van der Waals surface area contributed by atoms with Crippen molar-refractivity contribution in [3.05, 3.63) is 44.7 Å². The Morgan fingerprint density at radius 2 is 2.05 bits per heavy atom. The second kappa shape index (κ2) is 5.73. The van der Waals surface area contributed by atoms with E-state index in [0.717, 1.165) is 18.4 Å². The zero-order valence-electron chi connectivity index (χ0n) is 11.5. The minimum absolute atomic E-state index is 0.281. The Bertz CT molecular complexity index is 707. The van der Waals surface area contributed by atoms with Gasteiger partial charge in [0.15, 0.2) is 0 Å². The Morgan fingerprint density at radius 1 is 1.35 bits per heavy atom. The maximum atomic E-state index is 12.4. The number of hydrogen-bond acceptors (Lipinski definition) is 4. The van der Waals surface area contributed by atoms with Crippen molar-refractivity contribution in [2.24, 2.45) is 0 Å². The van der Waals surface area contributed by atoms with Gasteiger partial charge in [0, 0.05) is 19.0 Å². The molecule has 6 nitrogen and oxygen atoms in total. The topological polar surface area (TPSA) is 77.2 Å². The summed E-state index contributed by atoms with van der Waals surface area (Å²) in [6.45, 7) is 2.50. The van der Waals surface area contributed by atoms with Crippen molar-refractivity contribution in [3.8, 4) is 0 Å². The summed E-state index contributed by atoms with van der Waals surface area (Å²) in [5, 5.41) is 14.7. The number of pyridine rings is 1. The van der Waals surface area contributed by atoms with E-state index in [9.17, 15) is 14.9 Å². The lowest BCUT2D eigenvalue weighted by molar-refractivity contribution is -0.385. The van der Waals surface area contributed by atoms with E-state index in [4.69, 9.17) is 0 Å². The van der Waals surface area contributed by atoms with Crippen molar-refractivity contribution in [3.63, 3.8) is 0 Å². The number of hydrogen-bond donors (Lipinski definition) is 1. The van der Waals surface area contributed by atoms with Crippen LogP contribution in [0.15, 0.2) is 29.1 Å². The van der Waals surface area contributed by atoms with Crippen molar-refractivity contribution in [1.29, 1.82) is 0 Å². The molecule has 1 N–H and O–H groups in total. The van der Waals surface area contributed by atoms with Gasteiger partial charge in [-0.1, -0.05) is 31.5 Å². The lowest BCUT2D eigenvalue weighted by Crippen LogP contribution is -2.24. The zero-order valence-corrected chi connectivity index (χ0v) is 11.5. The molecule has 1 aromatic carbocycles. The van der Waals surface area contributed by atoms with Crippen molar-refractivity contribution >= 4 is 22.3 Å². The van der Waals surface area contributed by atoms with Gasteiger partial charge in [-0.15, -0.1) is 0 Å². The van der Waals surface area contributed by atoms with Gasteiger partial charge in [0.1, 0.15) is 5.69 Å². The molecule has 0 radical (unpaired) electrons. The van der Waals surface area contributed by atoms with Crippen molar-refractivity contribution in [2.75, 3.05) is 12.4 Å². The number of benzene rings is 1. The Labute approximate surface area is 116 Å². The summed E-state index contributed by atoms with van der Waals surface area (Å²) in [5.41, 5.74) is 0.0676. The Balaban J connectivity index is 2.87. The molecule has 0 atom stereocenters. The summed E-state index contributed by atoms with van der Waals surface area (Å²) in [7, 11) is 1.59. The second-order valence-corrected chi connectivity index (χ2v) is 4.56. The molecule has 106 valence electrons. The van der Waals surface area contributed by atoms with E-state index >= 15 is 0 Å². The molecule has 6 heteroatoms. The number of fused-ring (bicyclic) bond motifs is 1. The molecule has 0 aliphatic rings. The average molecular weight is 275 g/mol. The van der Waals surface area contributed by atoms with Gasteiger partial charge in [0.2, 0.25) is 0 Å². The van der Waals surface area contributed by atoms with Crippen molar-refractivity contribution < 1.29 is 4.92 Å². The first-order chi connectivity index (χ1) is 9.61. The quantitative estimate of drug-likeness (QED) is 0.672. The summed E-state index contributed by atoms with van der Waals surface area (Å²) in [4.78, 5) is 23.0. The van der Waals surface area contributed by atoms with E-state index in [2.05, 4.69) is 5.32 Å². The normalized spacial score (nSPS) is 10.7. The monoisotopic (exact) mass is 275 g/mol. The van der Waals surface area contributed by atoms with Gasteiger partial charge >= 0.3 is 11.2 Å². The van der Waals surface area contributed by atoms with Crippen LogP contribution < -0.4 is 10.9 Å². The number of para-hydroxylation sites is 1. The SMILES string of the molecule is CCCCn1c(=O)c([N+](=O)[O-])c(NC)c2ccccc21. The molecule has 0 aliphatic heterocycles. The van der Waals surface area contributed by atoms with Gasteiger partial charge in [-0.2, -0.15) is 0 Å². The number of aromatic nitrogens is 1. The fourth-order valence-corrected chi connectivity index (χ4v) is 2.35. The number of nitrogens with one attached hydrogen (secondary N) is 1. The molecule has 0 fully saturated rings. The van der Waals surface area contributed by atoms with Gasteiger partial charge < -0.3 is 9.88 Å². The highest BCUT2D eigenvalue weighted by atomic mass is 16.6. The number of rotatable bonds is 5. The molecular weight excluding hydrogens is 258 g/mol. The number of aryl methyl sites for hydroxylation is 1. The highest BCUT2D eigenvalue weighted by molar-refractivity contribution is 5.96. The lowest BCUT2D eigenvalue weighted by atomic mass is 10.1. The van der Waals surface area contributed by atoms with Gasteiger partial charge in [0.25, 0.3) is 0 Å². The van der Waals surface area contributed by atoms with Crippen LogP contribution in [-0.2, 0) is 6.54 Å². The molecule has 0 spiro atoms. The zero-order chi connectivity index (χ0) is 14.7. The highest BCUT2D eigenvalue weighted by Gasteiger charge is 2.24. The van der Waals surface area contributed by atoms with Crippen LogP contribution in [0.4, 0.5) is 11.4 Å². The third-order valence-electron chi connectivity index (χ3n) is 3.32. The minimum Gasteiger partial charge on any atom is -0.382 e. The van der Waals surface area contributed by atoms with Crippen LogP contribution in [0.1, 0.15) is 19.8 Å². The predicted octanol–water partition coefficient (Wildman–Crippen LogP) is 2.75. The largest absolute Gasteiger partial charge is 0.382 e. The van der Waals surface area contributed by atoms with Gasteiger partial charge in [0.05, 0.1) is 10.4 Å². The van der Waals surface area contributed by atoms with E-state index in [-0.39, 0.29) is 11.4 Å². The van der Waals surface area contributed by atoms with Gasteiger partial charge in [-0.05, 0) is 12.5 Å². The van der Waals surface area contributed by atoms with Crippen molar-refractivity contribution in [1.82, 2.24) is 4.57 Å². The molecular formula is C14H17N3O3. The summed E-state index contributed by atoms with van der Waals surface area (Å²) in [5.74, 6) is 0. The standard InChI is InChI=1S/C14H17N3O3/c1-3-4-9-16-11-8-6-5-7-10(11)12(15-2)13(14(16)18)17(19)20/h5-8,15H,3-4,9H2,1-2H3. The van der Waals surface area contributed by atoms with Gasteiger partial charge in [-0.25, -0.2) is 0 Å². The average Bonchev–Trinajstić information content (AvgIpc) is 2.44. The maximum Gasteiger partial charge on any atom is 0.357 e. The Morgan fingerprint density at radius 3 is 2.65 bits per heavy atom. The molecule has 0 bridgehead atoms. The van der Waals surface area contributed by atoms with E-state index in [1.54, 1.807) is 13.1 Å². The molecule has 1 aromatic heterocycles. The fraction of sp³-hybridized carbons (Fsp3) is 0.357. The first-order valence-corrected chi connectivity index (χ1v) is 6.59. The van der Waals surface area contributed by atoms with Crippen LogP contribution in [0.25, 0.3) is 10.9 Å². The Kier molecular flexibility index (Phi) is 4.02. The number of nitrogens with zero attached hydrogens (tertiary/aromatic N) is 2. The molecule has 0 saturated carbocycles. The van der Waals surface area contributed by atoms with Crippen molar-refractivity contribution in [2.45, 2.75) is 26.3 Å². The molecule has 2 rings (SSSR count). The van der Waals surface area contributed by atoms with Crippen LogP contribution in [0.3, 0.4) is 0 Å². The molecule has 0 amide bonds. The van der Waals surface area contributed by atoms with Crippen LogP contribution in [0.2, 0.25) is 0 Å². The molecule has 0 unspecified atom stereocenters. The summed E-state index contributed by atoms with van der Waals surface area (Å²) in [6, 6.07) is 7.24. The Hall–Kier alpha value is -2.37. The third-order valence-corrected chi connectivity index (χ3v) is 3.32. The molecule has 2 aromatic rings. The maximum absolute atomic E-state index is 12.4. The molecule has 0 aliphatic carbocycles. The molecule has 1 heterocycles. The second-order valence-electron chi connectivity index (χ2n) is 4.56. The first kappa shape index (κ1) is 14.0. The fourth-order valence-electron chi connectivity index (χ4n) is 2.35. The smallest absolute Gasteiger partial charge is 0.357 e. The van der Waals surface area contributed by atoms with Gasteiger partial charge in [-0.3, -0.25) is 14.9 Å². The predicted molar refractivity (Wildman–Crippen MR) is 79.3 cm³/mol. The number of unbranched alkanes of at least 4 members (excludes halogenated alkanes) is 1. The number of anilines is 1. The van der Waals surface area contributed by atoms with E-state index in [1.807, 2.05) is 25.1 Å². The van der Waals surface area contributed by atoms with Crippen LogP contribution in [0.5, 0.6) is 0 Å². The van der Waals surface area contributed by atoms with Crippen LogP contribution in [0, 0.1) is 10.1 Å². The highest BCUT2D eigenvalue weighted by Crippen LogP contribution is 2.29. The first-order valence-electron chi connectivity index (χ1n) is 6.59. The van der Waals surface area contributed by atoms with E-state index < -0.39 is 10.5 Å².